The molecule has 1 aromatic rings. The van der Waals surface area contributed by atoms with Crippen molar-refractivity contribution in [1.82, 2.24) is 30.4 Å². The Morgan fingerprint density at radius 3 is 2.75 bits per heavy atom. The summed E-state index contributed by atoms with van der Waals surface area (Å²) in [7, 11) is 0. The van der Waals surface area contributed by atoms with Crippen molar-refractivity contribution in [1.29, 1.82) is 0 Å². The molecule has 86 valence electrons. The molecule has 1 amide bonds. The number of likely N-dealkylation sites (tertiary alicyclic amines) is 1. The first-order valence-electron chi connectivity index (χ1n) is 5.52. The number of amides is 1. The van der Waals surface area contributed by atoms with E-state index >= 15 is 0 Å². The topological polar surface area (TPSA) is 75.9 Å². The molecule has 0 spiro atoms. The number of tetrazole rings is 1. The fraction of sp³-hybridized carbons (Fsp3) is 0.778. The number of carbonyl (C=O) groups excluding carboxylic acids is 1. The lowest BCUT2D eigenvalue weighted by molar-refractivity contribution is -0.131. The molecule has 3 rings (SSSR count). The van der Waals surface area contributed by atoms with Gasteiger partial charge in [0.05, 0.1) is 0 Å². The molecule has 0 unspecified atom stereocenters. The van der Waals surface area contributed by atoms with Gasteiger partial charge in [-0.1, -0.05) is 0 Å². The second-order valence-corrected chi connectivity index (χ2v) is 4.48. The Kier molecular flexibility index (Phi) is 2.32. The van der Waals surface area contributed by atoms with Crippen molar-refractivity contribution >= 4 is 5.91 Å². The third kappa shape index (κ3) is 1.67. The summed E-state index contributed by atoms with van der Waals surface area (Å²) in [6, 6.07) is 0. The van der Waals surface area contributed by atoms with E-state index in [1.807, 2.05) is 4.90 Å². The Hall–Kier alpha value is -1.50. The molecule has 2 aliphatic rings. The number of rotatable bonds is 2. The lowest BCUT2D eigenvalue weighted by Gasteiger charge is -2.16. The summed E-state index contributed by atoms with van der Waals surface area (Å²) in [5.41, 5.74) is 0. The maximum Gasteiger partial charge on any atom is 0.244 e. The molecule has 2 atom stereocenters. The lowest BCUT2D eigenvalue weighted by Crippen LogP contribution is -2.34. The summed E-state index contributed by atoms with van der Waals surface area (Å²) < 4.78 is 1.47. The van der Waals surface area contributed by atoms with E-state index in [0.717, 1.165) is 26.2 Å². The van der Waals surface area contributed by atoms with Gasteiger partial charge < -0.3 is 10.2 Å². The molecule has 0 saturated carbocycles. The van der Waals surface area contributed by atoms with Crippen molar-refractivity contribution in [3.8, 4) is 0 Å². The van der Waals surface area contributed by atoms with Gasteiger partial charge in [-0.2, -0.15) is 0 Å². The average molecular weight is 222 g/mol. The smallest absolute Gasteiger partial charge is 0.244 e. The highest BCUT2D eigenvalue weighted by molar-refractivity contribution is 5.76. The summed E-state index contributed by atoms with van der Waals surface area (Å²) in [5, 5.41) is 14.1. The van der Waals surface area contributed by atoms with E-state index in [1.54, 1.807) is 0 Å². The van der Waals surface area contributed by atoms with Crippen molar-refractivity contribution in [3.05, 3.63) is 6.33 Å². The molecule has 0 bridgehead atoms. The van der Waals surface area contributed by atoms with Crippen LogP contribution < -0.4 is 5.32 Å². The Balaban J connectivity index is 1.60. The number of aromatic nitrogens is 4. The summed E-state index contributed by atoms with van der Waals surface area (Å²) in [6.45, 7) is 4.08. The number of nitrogens with one attached hydrogen (secondary N) is 1. The number of nitrogens with zero attached hydrogens (tertiary/aromatic N) is 5. The van der Waals surface area contributed by atoms with Gasteiger partial charge in [-0.15, -0.1) is 5.10 Å². The van der Waals surface area contributed by atoms with Gasteiger partial charge >= 0.3 is 0 Å². The molecule has 0 aliphatic carbocycles. The normalized spacial score (nSPS) is 28.4. The van der Waals surface area contributed by atoms with Crippen LogP contribution >= 0.6 is 0 Å². The van der Waals surface area contributed by atoms with E-state index < -0.39 is 0 Å². The largest absolute Gasteiger partial charge is 0.340 e. The first-order valence-corrected chi connectivity index (χ1v) is 5.52. The lowest BCUT2D eigenvalue weighted by atomic mass is 10.0. The quantitative estimate of drug-likeness (QED) is 0.649. The maximum absolute atomic E-state index is 11.9. The van der Waals surface area contributed by atoms with Gasteiger partial charge in [0.1, 0.15) is 12.9 Å². The van der Waals surface area contributed by atoms with Crippen LogP contribution in [0.5, 0.6) is 0 Å². The van der Waals surface area contributed by atoms with Crippen LogP contribution in [-0.4, -0.2) is 57.2 Å². The van der Waals surface area contributed by atoms with Crippen molar-refractivity contribution in [2.24, 2.45) is 11.8 Å². The van der Waals surface area contributed by atoms with Crippen LogP contribution in [-0.2, 0) is 11.3 Å². The number of hydrogen-bond donors (Lipinski definition) is 1. The first-order chi connectivity index (χ1) is 7.83. The molecule has 0 radical (unpaired) electrons. The Morgan fingerprint density at radius 2 is 2.12 bits per heavy atom. The van der Waals surface area contributed by atoms with E-state index in [0.29, 0.717) is 11.8 Å². The maximum atomic E-state index is 11.9. The molecule has 1 aromatic heterocycles. The van der Waals surface area contributed by atoms with Crippen molar-refractivity contribution in [2.45, 2.75) is 6.54 Å². The second kappa shape index (κ2) is 3.82. The number of fused-ring (bicyclic) bond motifs is 1. The standard InChI is InChI=1S/C9H14N6O/c16-9(5-15-6-11-12-13-15)14-3-7-1-10-2-8(7)4-14/h6-8,10H,1-5H2/t7-,8+. The minimum Gasteiger partial charge on any atom is -0.340 e. The summed E-state index contributed by atoms with van der Waals surface area (Å²) in [6.07, 6.45) is 1.47. The number of carbonyl (C=O) groups is 1. The van der Waals surface area contributed by atoms with Crippen LogP contribution in [0.3, 0.4) is 0 Å². The predicted octanol–water partition coefficient (Wildman–Crippen LogP) is -1.65. The van der Waals surface area contributed by atoms with Crippen LogP contribution in [0.25, 0.3) is 0 Å². The SMILES string of the molecule is O=C(Cn1cnnn1)N1C[C@H]2CNC[C@H]2C1. The number of hydrogen-bond acceptors (Lipinski definition) is 5. The highest BCUT2D eigenvalue weighted by atomic mass is 16.2. The molecule has 0 aromatic carbocycles. The molecule has 3 heterocycles. The van der Waals surface area contributed by atoms with Crippen molar-refractivity contribution in [3.63, 3.8) is 0 Å². The van der Waals surface area contributed by atoms with Gasteiger partial charge in [0.2, 0.25) is 5.91 Å². The Morgan fingerprint density at radius 1 is 1.38 bits per heavy atom. The summed E-state index contributed by atoms with van der Waals surface area (Å²) in [5.74, 6) is 1.39. The van der Waals surface area contributed by atoms with Gasteiger partial charge in [-0.25, -0.2) is 4.68 Å². The van der Waals surface area contributed by atoms with Crippen LogP contribution in [0.2, 0.25) is 0 Å². The van der Waals surface area contributed by atoms with E-state index in [9.17, 15) is 4.79 Å². The highest BCUT2D eigenvalue weighted by Crippen LogP contribution is 2.26. The monoisotopic (exact) mass is 222 g/mol. The van der Waals surface area contributed by atoms with E-state index in [1.165, 1.54) is 11.0 Å². The summed E-state index contributed by atoms with van der Waals surface area (Å²) >= 11 is 0. The van der Waals surface area contributed by atoms with Gasteiger partial charge in [-0.3, -0.25) is 4.79 Å². The minimum absolute atomic E-state index is 0.113. The second-order valence-electron chi connectivity index (χ2n) is 4.48. The van der Waals surface area contributed by atoms with Crippen molar-refractivity contribution < 1.29 is 4.79 Å². The van der Waals surface area contributed by atoms with Crippen LogP contribution in [0, 0.1) is 11.8 Å². The Bertz CT molecular complexity index is 365. The molecule has 2 saturated heterocycles. The van der Waals surface area contributed by atoms with E-state index in [4.69, 9.17) is 0 Å². The zero-order chi connectivity index (χ0) is 11.0. The van der Waals surface area contributed by atoms with Gasteiger partial charge in [0.15, 0.2) is 0 Å². The zero-order valence-corrected chi connectivity index (χ0v) is 8.91. The van der Waals surface area contributed by atoms with Crippen LogP contribution in [0.1, 0.15) is 0 Å². The van der Waals surface area contributed by atoms with Crippen LogP contribution in [0.15, 0.2) is 6.33 Å². The molecule has 16 heavy (non-hydrogen) atoms. The van der Waals surface area contributed by atoms with Crippen LogP contribution in [0.4, 0.5) is 0 Å². The fourth-order valence-electron chi connectivity index (χ4n) is 2.55. The van der Waals surface area contributed by atoms with E-state index in [-0.39, 0.29) is 12.5 Å². The third-order valence-corrected chi connectivity index (χ3v) is 3.43. The average Bonchev–Trinajstić information content (AvgIpc) is 2.91. The molecular weight excluding hydrogens is 208 g/mol. The summed E-state index contributed by atoms with van der Waals surface area (Å²) in [4.78, 5) is 13.9. The predicted molar refractivity (Wildman–Crippen MR) is 54.2 cm³/mol. The molecular formula is C9H14N6O. The first kappa shape index (κ1) is 9.71. The molecule has 1 N–H and O–H groups in total. The van der Waals surface area contributed by atoms with Gasteiger partial charge in [0, 0.05) is 26.2 Å². The molecule has 7 heteroatoms. The van der Waals surface area contributed by atoms with E-state index in [2.05, 4.69) is 20.8 Å². The fourth-order valence-corrected chi connectivity index (χ4v) is 2.55. The molecule has 7 nitrogen and oxygen atoms in total. The Labute approximate surface area is 92.8 Å². The zero-order valence-electron chi connectivity index (χ0n) is 8.91. The molecule has 2 fully saturated rings. The third-order valence-electron chi connectivity index (χ3n) is 3.43. The molecule has 2 aliphatic heterocycles. The van der Waals surface area contributed by atoms with Gasteiger partial charge in [0.25, 0.3) is 0 Å². The van der Waals surface area contributed by atoms with Crippen molar-refractivity contribution in [2.75, 3.05) is 26.2 Å². The minimum atomic E-state index is 0.113. The highest BCUT2D eigenvalue weighted by Gasteiger charge is 2.37. The van der Waals surface area contributed by atoms with Gasteiger partial charge in [-0.05, 0) is 22.3 Å².